The van der Waals surface area contributed by atoms with E-state index >= 15 is 0 Å². The lowest BCUT2D eigenvalue weighted by Gasteiger charge is -2.23. The molecule has 0 bridgehead atoms. The fourth-order valence-electron chi connectivity index (χ4n) is 2.18. The van der Waals surface area contributed by atoms with Crippen molar-refractivity contribution in [2.75, 3.05) is 23.8 Å². The van der Waals surface area contributed by atoms with Gasteiger partial charge >= 0.3 is 0 Å². The van der Waals surface area contributed by atoms with Crippen molar-refractivity contribution in [3.8, 4) is 0 Å². The third-order valence-corrected chi connectivity index (χ3v) is 3.23. The molecular formula is C14H18N4O2. The Bertz CT molecular complexity index is 524. The minimum Gasteiger partial charge on any atom is -0.472 e. The first-order valence-corrected chi connectivity index (χ1v) is 6.81. The number of hydrogen-bond donors (Lipinski definition) is 2. The second-order valence-corrected chi connectivity index (χ2v) is 4.83. The highest BCUT2D eigenvalue weighted by atomic mass is 16.5. The summed E-state index contributed by atoms with van der Waals surface area (Å²) in [6.07, 6.45) is 7.14. The second-order valence-electron chi connectivity index (χ2n) is 4.83. The van der Waals surface area contributed by atoms with Crippen molar-refractivity contribution in [1.82, 2.24) is 9.97 Å². The van der Waals surface area contributed by atoms with Crippen LogP contribution in [0.15, 0.2) is 35.4 Å². The normalized spacial score (nSPS) is 18.7. The van der Waals surface area contributed by atoms with Gasteiger partial charge in [0.05, 0.1) is 25.2 Å². The zero-order chi connectivity index (χ0) is 13.6. The number of furan rings is 1. The van der Waals surface area contributed by atoms with Gasteiger partial charge in [-0.1, -0.05) is 0 Å². The second kappa shape index (κ2) is 6.38. The Balaban J connectivity index is 1.57. The van der Waals surface area contributed by atoms with Gasteiger partial charge in [-0.3, -0.25) is 0 Å². The van der Waals surface area contributed by atoms with Gasteiger partial charge in [0.1, 0.15) is 18.0 Å². The van der Waals surface area contributed by atoms with Crippen LogP contribution in [0.5, 0.6) is 0 Å². The van der Waals surface area contributed by atoms with Crippen LogP contribution in [0.1, 0.15) is 18.4 Å². The third-order valence-electron chi connectivity index (χ3n) is 3.23. The molecule has 1 aliphatic rings. The first-order chi connectivity index (χ1) is 9.90. The summed E-state index contributed by atoms with van der Waals surface area (Å²) < 4.78 is 10.5. The van der Waals surface area contributed by atoms with Crippen LogP contribution >= 0.6 is 0 Å². The summed E-state index contributed by atoms with van der Waals surface area (Å²) in [6, 6.07) is 4.17. The Morgan fingerprint density at radius 3 is 3.05 bits per heavy atom. The van der Waals surface area contributed by atoms with E-state index in [-0.39, 0.29) is 0 Å². The minimum atomic E-state index is 0.334. The predicted molar refractivity (Wildman–Crippen MR) is 75.5 cm³/mol. The maximum absolute atomic E-state index is 5.45. The predicted octanol–water partition coefficient (Wildman–Crippen LogP) is 2.27. The van der Waals surface area contributed by atoms with Crippen molar-refractivity contribution in [2.45, 2.75) is 25.4 Å². The largest absolute Gasteiger partial charge is 0.472 e. The summed E-state index contributed by atoms with van der Waals surface area (Å²) in [5, 5.41) is 6.62. The van der Waals surface area contributed by atoms with E-state index in [1.54, 1.807) is 18.9 Å². The molecule has 1 atom stereocenters. The summed E-state index contributed by atoms with van der Waals surface area (Å²) in [4.78, 5) is 8.45. The Hall–Kier alpha value is -2.08. The molecule has 3 heterocycles. The number of hydrogen-bond acceptors (Lipinski definition) is 6. The standard InChI is InChI=1S/C14H18N4O2/c1-2-12(9-19-4-1)18-14-6-13(16-10-17-14)15-7-11-3-5-20-8-11/h3,5-6,8,10,12H,1-2,4,7,9H2,(H2,15,16,17,18). The Morgan fingerprint density at radius 2 is 2.25 bits per heavy atom. The van der Waals surface area contributed by atoms with E-state index in [1.807, 2.05) is 12.1 Å². The molecular weight excluding hydrogens is 256 g/mol. The van der Waals surface area contributed by atoms with E-state index < -0.39 is 0 Å². The first-order valence-electron chi connectivity index (χ1n) is 6.81. The van der Waals surface area contributed by atoms with E-state index in [0.29, 0.717) is 12.6 Å². The molecule has 0 spiro atoms. The lowest BCUT2D eigenvalue weighted by molar-refractivity contribution is 0.0875. The van der Waals surface area contributed by atoms with Crippen LogP contribution in [0.4, 0.5) is 11.6 Å². The number of nitrogens with zero attached hydrogens (tertiary/aromatic N) is 2. The van der Waals surface area contributed by atoms with Gasteiger partial charge in [0.2, 0.25) is 0 Å². The summed E-state index contributed by atoms with van der Waals surface area (Å²) >= 11 is 0. The minimum absolute atomic E-state index is 0.334. The smallest absolute Gasteiger partial charge is 0.131 e. The molecule has 3 rings (SSSR count). The fraction of sp³-hybridized carbons (Fsp3) is 0.429. The first kappa shape index (κ1) is 12.9. The number of anilines is 2. The van der Waals surface area contributed by atoms with Gasteiger partial charge in [0.15, 0.2) is 0 Å². The van der Waals surface area contributed by atoms with Crippen molar-refractivity contribution in [3.05, 3.63) is 36.5 Å². The van der Waals surface area contributed by atoms with Gasteiger partial charge in [-0.2, -0.15) is 0 Å². The Labute approximate surface area is 117 Å². The molecule has 6 heteroatoms. The van der Waals surface area contributed by atoms with E-state index in [9.17, 15) is 0 Å². The maximum atomic E-state index is 5.45. The highest BCUT2D eigenvalue weighted by Gasteiger charge is 2.14. The molecule has 20 heavy (non-hydrogen) atoms. The molecule has 1 aliphatic heterocycles. The molecule has 106 valence electrons. The van der Waals surface area contributed by atoms with E-state index in [1.165, 1.54) is 0 Å². The summed E-state index contributed by atoms with van der Waals surface area (Å²) in [6.45, 7) is 2.28. The summed E-state index contributed by atoms with van der Waals surface area (Å²) in [5.41, 5.74) is 1.08. The van der Waals surface area contributed by atoms with Crippen LogP contribution in [0.25, 0.3) is 0 Å². The average molecular weight is 274 g/mol. The van der Waals surface area contributed by atoms with E-state index in [0.717, 1.165) is 43.3 Å². The summed E-state index contributed by atoms with van der Waals surface area (Å²) in [5.74, 6) is 1.62. The van der Waals surface area contributed by atoms with Gasteiger partial charge in [0.25, 0.3) is 0 Å². The molecule has 0 saturated carbocycles. The van der Waals surface area contributed by atoms with Gasteiger partial charge in [-0.25, -0.2) is 9.97 Å². The fourth-order valence-corrected chi connectivity index (χ4v) is 2.18. The van der Waals surface area contributed by atoms with Crippen LogP contribution in [-0.2, 0) is 11.3 Å². The van der Waals surface area contributed by atoms with Crippen LogP contribution in [0, 0.1) is 0 Å². The third kappa shape index (κ3) is 3.48. The number of rotatable bonds is 5. The number of aromatic nitrogens is 2. The van der Waals surface area contributed by atoms with Crippen LogP contribution < -0.4 is 10.6 Å². The van der Waals surface area contributed by atoms with E-state index in [4.69, 9.17) is 9.15 Å². The SMILES string of the molecule is c1nc(NCc2ccoc2)cc(NC2CCCOC2)n1. The lowest BCUT2D eigenvalue weighted by atomic mass is 10.1. The highest BCUT2D eigenvalue weighted by molar-refractivity contribution is 5.47. The molecule has 2 aromatic heterocycles. The number of ether oxygens (including phenoxy) is 1. The van der Waals surface area contributed by atoms with E-state index in [2.05, 4.69) is 20.6 Å². The molecule has 0 radical (unpaired) electrons. The van der Waals surface area contributed by atoms with Gasteiger partial charge < -0.3 is 19.8 Å². The maximum Gasteiger partial charge on any atom is 0.131 e. The quantitative estimate of drug-likeness (QED) is 0.871. The zero-order valence-electron chi connectivity index (χ0n) is 11.2. The molecule has 2 aromatic rings. The van der Waals surface area contributed by atoms with Crippen molar-refractivity contribution < 1.29 is 9.15 Å². The van der Waals surface area contributed by atoms with Crippen LogP contribution in [0.2, 0.25) is 0 Å². The Morgan fingerprint density at radius 1 is 1.30 bits per heavy atom. The van der Waals surface area contributed by atoms with Crippen molar-refractivity contribution in [3.63, 3.8) is 0 Å². The van der Waals surface area contributed by atoms with Crippen molar-refractivity contribution in [2.24, 2.45) is 0 Å². The van der Waals surface area contributed by atoms with Crippen molar-refractivity contribution in [1.29, 1.82) is 0 Å². The van der Waals surface area contributed by atoms with Gasteiger partial charge in [0, 0.05) is 24.8 Å². The molecule has 0 aliphatic carbocycles. The zero-order valence-corrected chi connectivity index (χ0v) is 11.2. The molecule has 2 N–H and O–H groups in total. The molecule has 1 unspecified atom stereocenters. The number of nitrogens with one attached hydrogen (secondary N) is 2. The molecule has 1 saturated heterocycles. The van der Waals surface area contributed by atoms with Gasteiger partial charge in [-0.05, 0) is 18.9 Å². The molecule has 0 aromatic carbocycles. The Kier molecular flexibility index (Phi) is 4.13. The molecule has 1 fully saturated rings. The van der Waals surface area contributed by atoms with Crippen LogP contribution in [0.3, 0.4) is 0 Å². The highest BCUT2D eigenvalue weighted by Crippen LogP contribution is 2.15. The molecule has 6 nitrogen and oxygen atoms in total. The monoisotopic (exact) mass is 274 g/mol. The average Bonchev–Trinajstić information content (AvgIpc) is 3.00. The van der Waals surface area contributed by atoms with Crippen LogP contribution in [-0.4, -0.2) is 29.2 Å². The van der Waals surface area contributed by atoms with Crippen molar-refractivity contribution >= 4 is 11.6 Å². The summed E-state index contributed by atoms with van der Waals surface area (Å²) in [7, 11) is 0. The molecule has 0 amide bonds. The van der Waals surface area contributed by atoms with Gasteiger partial charge in [-0.15, -0.1) is 0 Å². The lowest BCUT2D eigenvalue weighted by Crippen LogP contribution is -2.30. The topological polar surface area (TPSA) is 72.2 Å².